The van der Waals surface area contributed by atoms with E-state index in [4.69, 9.17) is 0 Å². The maximum Gasteiger partial charge on any atom is 0.337 e. The summed E-state index contributed by atoms with van der Waals surface area (Å²) in [5.41, 5.74) is 0.266. The van der Waals surface area contributed by atoms with Crippen LogP contribution in [-0.4, -0.2) is 39.6 Å². The van der Waals surface area contributed by atoms with E-state index in [2.05, 4.69) is 23.7 Å². The lowest BCUT2D eigenvalue weighted by molar-refractivity contribution is 0.0698. The van der Waals surface area contributed by atoms with E-state index in [9.17, 15) is 9.90 Å². The summed E-state index contributed by atoms with van der Waals surface area (Å²) >= 11 is 1.99. The van der Waals surface area contributed by atoms with Crippen molar-refractivity contribution in [2.24, 2.45) is 0 Å². The standard InChI is InChI=1S/C16H18N2O2S/c1-10-8-18(9-11(2)21-10)15-13-6-4-3-5-12(13)14(7-17-15)16(19)20/h3-7,10-11H,8-9H2,1-2H3,(H,19,20). The number of rotatable bonds is 2. The van der Waals surface area contributed by atoms with Crippen molar-refractivity contribution in [2.45, 2.75) is 24.3 Å². The van der Waals surface area contributed by atoms with Crippen molar-refractivity contribution >= 4 is 34.3 Å². The van der Waals surface area contributed by atoms with E-state index in [-0.39, 0.29) is 5.56 Å². The molecule has 1 aromatic heterocycles. The predicted octanol–water partition coefficient (Wildman–Crippen LogP) is 3.26. The summed E-state index contributed by atoms with van der Waals surface area (Å²) in [6.07, 6.45) is 1.48. The lowest BCUT2D eigenvalue weighted by Gasteiger charge is -2.36. The maximum atomic E-state index is 11.3. The second-order valence-corrected chi connectivity index (χ2v) is 7.39. The Balaban J connectivity index is 2.11. The molecule has 110 valence electrons. The van der Waals surface area contributed by atoms with Gasteiger partial charge in [-0.3, -0.25) is 0 Å². The van der Waals surface area contributed by atoms with Crippen LogP contribution >= 0.6 is 11.8 Å². The number of nitrogens with zero attached hydrogens (tertiary/aromatic N) is 2. The van der Waals surface area contributed by atoms with Gasteiger partial charge in [-0.15, -0.1) is 0 Å². The van der Waals surface area contributed by atoms with E-state index in [1.54, 1.807) is 0 Å². The smallest absolute Gasteiger partial charge is 0.337 e. The number of aromatic nitrogens is 1. The molecule has 0 bridgehead atoms. The van der Waals surface area contributed by atoms with Gasteiger partial charge >= 0.3 is 5.97 Å². The van der Waals surface area contributed by atoms with Crippen LogP contribution in [0, 0.1) is 0 Å². The Hall–Kier alpha value is -1.75. The van der Waals surface area contributed by atoms with Crippen LogP contribution in [0.3, 0.4) is 0 Å². The monoisotopic (exact) mass is 302 g/mol. The molecular formula is C16H18N2O2S. The van der Waals surface area contributed by atoms with Crippen LogP contribution in [0.1, 0.15) is 24.2 Å². The van der Waals surface area contributed by atoms with E-state index >= 15 is 0 Å². The van der Waals surface area contributed by atoms with Crippen LogP contribution in [0.5, 0.6) is 0 Å². The Morgan fingerprint density at radius 1 is 1.24 bits per heavy atom. The average molecular weight is 302 g/mol. The van der Waals surface area contributed by atoms with Crippen molar-refractivity contribution < 1.29 is 9.90 Å². The number of hydrogen-bond acceptors (Lipinski definition) is 4. The first-order valence-electron chi connectivity index (χ1n) is 7.07. The van der Waals surface area contributed by atoms with E-state index < -0.39 is 5.97 Å². The highest BCUT2D eigenvalue weighted by molar-refractivity contribution is 8.00. The maximum absolute atomic E-state index is 11.3. The topological polar surface area (TPSA) is 53.4 Å². The molecule has 5 heteroatoms. The Kier molecular flexibility index (Phi) is 3.76. The van der Waals surface area contributed by atoms with Gasteiger partial charge in [0, 0.05) is 40.6 Å². The first kappa shape index (κ1) is 14.2. The summed E-state index contributed by atoms with van der Waals surface area (Å²) in [4.78, 5) is 18.1. The number of fused-ring (bicyclic) bond motifs is 1. The third-order valence-electron chi connectivity index (χ3n) is 3.72. The molecule has 4 nitrogen and oxygen atoms in total. The van der Waals surface area contributed by atoms with Gasteiger partial charge in [-0.2, -0.15) is 11.8 Å². The minimum absolute atomic E-state index is 0.266. The van der Waals surface area contributed by atoms with Crippen LogP contribution in [0.15, 0.2) is 30.5 Å². The minimum Gasteiger partial charge on any atom is -0.478 e. The van der Waals surface area contributed by atoms with Gasteiger partial charge < -0.3 is 10.0 Å². The first-order chi connectivity index (χ1) is 10.1. The van der Waals surface area contributed by atoms with Crippen molar-refractivity contribution in [2.75, 3.05) is 18.0 Å². The van der Waals surface area contributed by atoms with Gasteiger partial charge in [0.05, 0.1) is 5.56 Å². The fourth-order valence-corrected chi connectivity index (χ4v) is 4.28. The van der Waals surface area contributed by atoms with Gasteiger partial charge in [-0.05, 0) is 0 Å². The van der Waals surface area contributed by atoms with Crippen molar-refractivity contribution in [1.29, 1.82) is 0 Å². The van der Waals surface area contributed by atoms with Gasteiger partial charge in [-0.25, -0.2) is 9.78 Å². The summed E-state index contributed by atoms with van der Waals surface area (Å²) in [5.74, 6) is -0.0317. The largest absolute Gasteiger partial charge is 0.478 e. The number of benzene rings is 1. The molecule has 21 heavy (non-hydrogen) atoms. The van der Waals surface area contributed by atoms with Gasteiger partial charge in [0.25, 0.3) is 0 Å². The molecule has 2 unspecified atom stereocenters. The summed E-state index contributed by atoms with van der Waals surface area (Å²) < 4.78 is 0. The minimum atomic E-state index is -0.929. The van der Waals surface area contributed by atoms with E-state index in [0.29, 0.717) is 10.5 Å². The molecule has 1 aliphatic heterocycles. The van der Waals surface area contributed by atoms with Crippen molar-refractivity contribution in [3.8, 4) is 0 Å². The summed E-state index contributed by atoms with van der Waals surface area (Å²) in [6, 6.07) is 7.62. The second kappa shape index (κ2) is 5.56. The Morgan fingerprint density at radius 3 is 2.48 bits per heavy atom. The fourth-order valence-electron chi connectivity index (χ4n) is 2.95. The highest BCUT2D eigenvalue weighted by Gasteiger charge is 2.25. The molecule has 0 radical (unpaired) electrons. The number of hydrogen-bond donors (Lipinski definition) is 1. The molecule has 0 saturated carbocycles. The van der Waals surface area contributed by atoms with Crippen LogP contribution in [0.25, 0.3) is 10.8 Å². The Labute approximate surface area is 128 Å². The summed E-state index contributed by atoms with van der Waals surface area (Å²) in [7, 11) is 0. The molecule has 0 spiro atoms. The van der Waals surface area contributed by atoms with E-state index in [0.717, 1.165) is 29.7 Å². The van der Waals surface area contributed by atoms with Gasteiger partial charge in [0.1, 0.15) is 5.82 Å². The third kappa shape index (κ3) is 2.70. The molecular weight excluding hydrogens is 284 g/mol. The molecule has 2 aromatic rings. The lowest BCUT2D eigenvalue weighted by Crippen LogP contribution is -2.41. The van der Waals surface area contributed by atoms with Crippen molar-refractivity contribution in [3.05, 3.63) is 36.0 Å². The summed E-state index contributed by atoms with van der Waals surface area (Å²) in [6.45, 7) is 6.33. The molecule has 0 amide bonds. The zero-order valence-corrected chi connectivity index (χ0v) is 12.9. The zero-order chi connectivity index (χ0) is 15.0. The van der Waals surface area contributed by atoms with Crippen molar-refractivity contribution in [1.82, 2.24) is 4.98 Å². The number of thioether (sulfide) groups is 1. The van der Waals surface area contributed by atoms with Gasteiger partial charge in [0.15, 0.2) is 0 Å². The third-order valence-corrected chi connectivity index (χ3v) is 4.95. The molecule has 1 saturated heterocycles. The van der Waals surface area contributed by atoms with Crippen LogP contribution in [0.2, 0.25) is 0 Å². The normalized spacial score (nSPS) is 22.5. The molecule has 1 fully saturated rings. The van der Waals surface area contributed by atoms with Crippen LogP contribution in [0.4, 0.5) is 5.82 Å². The van der Waals surface area contributed by atoms with Crippen molar-refractivity contribution in [3.63, 3.8) is 0 Å². The number of carbonyl (C=O) groups is 1. The summed E-state index contributed by atoms with van der Waals surface area (Å²) in [5, 5.41) is 12.1. The zero-order valence-electron chi connectivity index (χ0n) is 12.1. The second-order valence-electron chi connectivity index (χ2n) is 5.51. The van der Waals surface area contributed by atoms with Crippen LogP contribution < -0.4 is 4.90 Å². The first-order valence-corrected chi connectivity index (χ1v) is 8.02. The fraction of sp³-hybridized carbons (Fsp3) is 0.375. The van der Waals surface area contributed by atoms with Crippen LogP contribution in [-0.2, 0) is 0 Å². The SMILES string of the molecule is CC1CN(c2ncc(C(=O)O)c3ccccc23)CC(C)S1. The molecule has 1 aromatic carbocycles. The van der Waals surface area contributed by atoms with E-state index in [1.807, 2.05) is 36.0 Å². The van der Waals surface area contributed by atoms with Gasteiger partial charge in [-0.1, -0.05) is 38.1 Å². The molecule has 2 heterocycles. The van der Waals surface area contributed by atoms with E-state index in [1.165, 1.54) is 6.20 Å². The number of anilines is 1. The van der Waals surface area contributed by atoms with Gasteiger partial charge in [0.2, 0.25) is 0 Å². The highest BCUT2D eigenvalue weighted by atomic mass is 32.2. The Bertz CT molecular complexity index is 679. The lowest BCUT2D eigenvalue weighted by atomic mass is 10.1. The average Bonchev–Trinajstić information content (AvgIpc) is 2.44. The Morgan fingerprint density at radius 2 is 1.86 bits per heavy atom. The number of aromatic carboxylic acids is 1. The quantitative estimate of drug-likeness (QED) is 0.922. The molecule has 1 N–H and O–H groups in total. The predicted molar refractivity (Wildman–Crippen MR) is 87.4 cm³/mol. The number of carboxylic acids is 1. The number of carboxylic acid groups (broad SMARTS) is 1. The molecule has 2 atom stereocenters. The molecule has 0 aliphatic carbocycles. The molecule has 3 rings (SSSR count). The highest BCUT2D eigenvalue weighted by Crippen LogP contribution is 2.32. The molecule has 1 aliphatic rings. The number of pyridine rings is 1.